The number of anilines is 2. The highest BCUT2D eigenvalue weighted by Gasteiger charge is 2.13. The maximum atomic E-state index is 12.5. The first kappa shape index (κ1) is 23.1. The number of thiocarbonyl (C=S) groups is 1. The predicted molar refractivity (Wildman–Crippen MR) is 128 cm³/mol. The Bertz CT molecular complexity index is 1220. The Morgan fingerprint density at radius 1 is 0.875 bits per heavy atom. The van der Waals surface area contributed by atoms with Gasteiger partial charge in [0.2, 0.25) is 0 Å². The number of non-ortho nitro benzene ring substituents is 1. The number of carbonyl (C=O) groups is 2. The molecule has 32 heavy (non-hydrogen) atoms. The SMILES string of the molecule is O=C(NC(=S)Nc1cccc(NC(=O)c2ccc(Cl)cc2Cl)c1)c1ccc([N+](=O)[O-])cc1. The van der Waals surface area contributed by atoms with Gasteiger partial charge in [-0.15, -0.1) is 0 Å². The molecule has 3 aromatic rings. The van der Waals surface area contributed by atoms with Gasteiger partial charge in [0.1, 0.15) is 0 Å². The molecule has 0 fully saturated rings. The number of nitro benzene ring substituents is 1. The molecule has 0 unspecified atom stereocenters. The number of nitro groups is 1. The number of rotatable bonds is 5. The van der Waals surface area contributed by atoms with Crippen molar-refractivity contribution in [1.82, 2.24) is 5.32 Å². The Hall–Kier alpha value is -3.53. The number of halogens is 2. The fourth-order valence-corrected chi connectivity index (χ4v) is 3.32. The van der Waals surface area contributed by atoms with Crippen LogP contribution in [0.15, 0.2) is 66.7 Å². The second-order valence-corrected chi connectivity index (χ2v) is 7.62. The monoisotopic (exact) mass is 488 g/mol. The van der Waals surface area contributed by atoms with Crippen LogP contribution in [-0.2, 0) is 0 Å². The van der Waals surface area contributed by atoms with Gasteiger partial charge in [-0.1, -0.05) is 29.3 Å². The number of carbonyl (C=O) groups excluding carboxylic acids is 2. The maximum Gasteiger partial charge on any atom is 0.269 e. The second-order valence-electron chi connectivity index (χ2n) is 6.37. The topological polar surface area (TPSA) is 113 Å². The fraction of sp³-hybridized carbons (Fsp3) is 0. The molecule has 3 aromatic carbocycles. The van der Waals surface area contributed by atoms with E-state index >= 15 is 0 Å². The number of amides is 2. The first-order valence-corrected chi connectivity index (χ1v) is 10.1. The van der Waals surface area contributed by atoms with Gasteiger partial charge in [0.25, 0.3) is 17.5 Å². The van der Waals surface area contributed by atoms with Crippen LogP contribution in [0.25, 0.3) is 0 Å². The Morgan fingerprint density at radius 3 is 2.16 bits per heavy atom. The molecule has 0 heterocycles. The third-order valence-electron chi connectivity index (χ3n) is 4.12. The van der Waals surface area contributed by atoms with Crippen LogP contribution in [0, 0.1) is 10.1 Å². The molecular weight excluding hydrogens is 475 g/mol. The van der Waals surface area contributed by atoms with Gasteiger partial charge in [0, 0.05) is 34.1 Å². The summed E-state index contributed by atoms with van der Waals surface area (Å²) in [6, 6.07) is 16.3. The van der Waals surface area contributed by atoms with Crippen molar-refractivity contribution in [1.29, 1.82) is 0 Å². The highest BCUT2D eigenvalue weighted by atomic mass is 35.5. The molecule has 11 heteroatoms. The summed E-state index contributed by atoms with van der Waals surface area (Å²) < 4.78 is 0. The lowest BCUT2D eigenvalue weighted by atomic mass is 10.2. The molecule has 0 bridgehead atoms. The molecule has 0 spiro atoms. The normalized spacial score (nSPS) is 10.2. The minimum Gasteiger partial charge on any atom is -0.332 e. The summed E-state index contributed by atoms with van der Waals surface area (Å²) in [5, 5.41) is 19.4. The average Bonchev–Trinajstić information content (AvgIpc) is 2.73. The van der Waals surface area contributed by atoms with Crippen LogP contribution in [0.4, 0.5) is 17.1 Å². The van der Waals surface area contributed by atoms with E-state index in [4.69, 9.17) is 35.4 Å². The van der Waals surface area contributed by atoms with Gasteiger partial charge >= 0.3 is 0 Å². The molecule has 0 aliphatic heterocycles. The second kappa shape index (κ2) is 10.2. The van der Waals surface area contributed by atoms with E-state index in [1.165, 1.54) is 36.4 Å². The summed E-state index contributed by atoms with van der Waals surface area (Å²) in [6.45, 7) is 0. The van der Waals surface area contributed by atoms with Crippen molar-refractivity contribution < 1.29 is 14.5 Å². The number of nitrogens with zero attached hydrogens (tertiary/aromatic N) is 1. The molecule has 0 aliphatic rings. The lowest BCUT2D eigenvalue weighted by molar-refractivity contribution is -0.384. The van der Waals surface area contributed by atoms with E-state index in [0.29, 0.717) is 16.4 Å². The molecule has 0 radical (unpaired) electrons. The van der Waals surface area contributed by atoms with Gasteiger partial charge in [-0.3, -0.25) is 25.0 Å². The van der Waals surface area contributed by atoms with Gasteiger partial charge < -0.3 is 10.6 Å². The summed E-state index contributed by atoms with van der Waals surface area (Å²) in [5.41, 5.74) is 1.33. The Kier molecular flexibility index (Phi) is 7.37. The van der Waals surface area contributed by atoms with E-state index in [9.17, 15) is 19.7 Å². The molecular formula is C21H14Cl2N4O4S. The number of hydrogen-bond acceptors (Lipinski definition) is 5. The van der Waals surface area contributed by atoms with Crippen molar-refractivity contribution in [3.05, 3.63) is 98.0 Å². The van der Waals surface area contributed by atoms with Crippen LogP contribution < -0.4 is 16.0 Å². The molecule has 162 valence electrons. The van der Waals surface area contributed by atoms with Crippen LogP contribution in [0.2, 0.25) is 10.0 Å². The Morgan fingerprint density at radius 2 is 1.53 bits per heavy atom. The fourth-order valence-electron chi connectivity index (χ4n) is 2.62. The molecule has 0 aliphatic carbocycles. The highest BCUT2D eigenvalue weighted by Crippen LogP contribution is 2.23. The quantitative estimate of drug-likeness (QED) is 0.255. The third kappa shape index (κ3) is 6.01. The van der Waals surface area contributed by atoms with Crippen molar-refractivity contribution >= 4 is 69.4 Å². The summed E-state index contributed by atoms with van der Waals surface area (Å²) in [4.78, 5) is 34.9. The standard InChI is InChI=1S/C21H14Cl2N4O4S/c22-13-6-9-17(18(23)10-13)20(29)24-14-2-1-3-15(11-14)25-21(32)26-19(28)12-4-7-16(8-5-12)27(30)31/h1-11H,(H,24,29)(H2,25,26,28,32). The zero-order valence-electron chi connectivity index (χ0n) is 16.1. The Labute approximate surface area is 197 Å². The largest absolute Gasteiger partial charge is 0.332 e. The number of benzene rings is 3. The summed E-state index contributed by atoms with van der Waals surface area (Å²) in [7, 11) is 0. The van der Waals surface area contributed by atoms with Crippen LogP contribution in [0.1, 0.15) is 20.7 Å². The van der Waals surface area contributed by atoms with Crippen LogP contribution >= 0.6 is 35.4 Å². The summed E-state index contributed by atoms with van der Waals surface area (Å²) in [6.07, 6.45) is 0. The molecule has 0 saturated heterocycles. The van der Waals surface area contributed by atoms with Gasteiger partial charge in [0.15, 0.2) is 5.11 Å². The van der Waals surface area contributed by atoms with Crippen LogP contribution in [0.3, 0.4) is 0 Å². The maximum absolute atomic E-state index is 12.5. The van der Waals surface area contributed by atoms with Crippen molar-refractivity contribution in [2.45, 2.75) is 0 Å². The molecule has 3 N–H and O–H groups in total. The third-order valence-corrected chi connectivity index (χ3v) is 4.87. The first-order chi connectivity index (χ1) is 15.2. The summed E-state index contributed by atoms with van der Waals surface area (Å²) in [5.74, 6) is -0.947. The van der Waals surface area contributed by atoms with Gasteiger partial charge in [-0.05, 0) is 60.7 Å². The molecule has 3 rings (SSSR count). The molecule has 8 nitrogen and oxygen atoms in total. The predicted octanol–water partition coefficient (Wildman–Crippen LogP) is 5.28. The van der Waals surface area contributed by atoms with E-state index in [0.717, 1.165) is 0 Å². The van der Waals surface area contributed by atoms with Crippen LogP contribution in [-0.4, -0.2) is 21.9 Å². The van der Waals surface area contributed by atoms with E-state index in [1.54, 1.807) is 30.3 Å². The number of nitrogens with one attached hydrogen (secondary N) is 3. The smallest absolute Gasteiger partial charge is 0.269 e. The lowest BCUT2D eigenvalue weighted by Gasteiger charge is -2.12. The van der Waals surface area contributed by atoms with Crippen molar-refractivity contribution in [2.75, 3.05) is 10.6 Å². The minimum atomic E-state index is -0.555. The lowest BCUT2D eigenvalue weighted by Crippen LogP contribution is -2.34. The molecule has 2 amide bonds. The van der Waals surface area contributed by atoms with Crippen molar-refractivity contribution in [3.63, 3.8) is 0 Å². The van der Waals surface area contributed by atoms with E-state index in [-0.39, 0.29) is 26.9 Å². The van der Waals surface area contributed by atoms with Crippen molar-refractivity contribution in [2.24, 2.45) is 0 Å². The zero-order valence-corrected chi connectivity index (χ0v) is 18.4. The van der Waals surface area contributed by atoms with Gasteiger partial charge in [-0.2, -0.15) is 0 Å². The molecule has 0 atom stereocenters. The van der Waals surface area contributed by atoms with Crippen LogP contribution in [0.5, 0.6) is 0 Å². The van der Waals surface area contributed by atoms with E-state index in [1.807, 2.05) is 0 Å². The molecule has 0 saturated carbocycles. The highest BCUT2D eigenvalue weighted by molar-refractivity contribution is 7.80. The average molecular weight is 489 g/mol. The first-order valence-electron chi connectivity index (χ1n) is 8.96. The van der Waals surface area contributed by atoms with E-state index in [2.05, 4.69) is 16.0 Å². The van der Waals surface area contributed by atoms with Gasteiger partial charge in [-0.25, -0.2) is 0 Å². The van der Waals surface area contributed by atoms with Gasteiger partial charge in [0.05, 0.1) is 15.5 Å². The zero-order chi connectivity index (χ0) is 23.3. The van der Waals surface area contributed by atoms with E-state index < -0.39 is 16.7 Å². The molecule has 0 aromatic heterocycles. The van der Waals surface area contributed by atoms with Crippen molar-refractivity contribution in [3.8, 4) is 0 Å². The number of hydrogen-bond donors (Lipinski definition) is 3. The summed E-state index contributed by atoms with van der Waals surface area (Å²) >= 11 is 17.1. The Balaban J connectivity index is 1.62. The minimum absolute atomic E-state index is 0.0116.